The lowest BCUT2D eigenvalue weighted by atomic mass is 9.80. The number of piperidine rings is 1. The lowest BCUT2D eigenvalue weighted by molar-refractivity contribution is 0.113. The standard InChI is InChI=1S/C26H29Cl2N9/c1-16(21-5-4-19(27)7-22(21)28)34-26-25(23(30)8-29)32-10-24(35-26)37-12-18(13-37)17-3-2-6-36(11-17)14-20-9-31-15-33-20/h4-5,7,9-10,15-18,30H,2-3,6,11-14H2,1H3,(H,31,33)(H,34,35)/t16-,17-/m1/s1. The number of nitrogens with one attached hydrogen (secondary N) is 3. The second-order valence-corrected chi connectivity index (χ2v) is 10.7. The van der Waals surface area contributed by atoms with Crippen LogP contribution in [0, 0.1) is 28.6 Å². The molecule has 2 aliphatic rings. The maximum Gasteiger partial charge on any atom is 0.161 e. The highest BCUT2D eigenvalue weighted by molar-refractivity contribution is 6.35. The summed E-state index contributed by atoms with van der Waals surface area (Å²) in [6, 6.07) is 6.97. The Hall–Kier alpha value is -3.19. The molecule has 2 atom stereocenters. The van der Waals surface area contributed by atoms with E-state index in [0.29, 0.717) is 27.7 Å². The number of likely N-dealkylation sites (tertiary alicyclic amines) is 1. The molecule has 0 spiro atoms. The summed E-state index contributed by atoms with van der Waals surface area (Å²) < 4.78 is 0. The first-order valence-corrected chi connectivity index (χ1v) is 13.2. The normalized spacial score (nSPS) is 19.2. The molecule has 3 N–H and O–H groups in total. The summed E-state index contributed by atoms with van der Waals surface area (Å²) in [5, 5.41) is 21.8. The number of nitriles is 1. The number of nitrogens with zero attached hydrogens (tertiary/aromatic N) is 6. The molecule has 0 amide bonds. The molecular weight excluding hydrogens is 509 g/mol. The Bertz CT molecular complexity index is 1300. The Kier molecular flexibility index (Phi) is 7.60. The van der Waals surface area contributed by atoms with E-state index >= 15 is 0 Å². The summed E-state index contributed by atoms with van der Waals surface area (Å²) in [6.07, 6.45) is 7.75. The van der Waals surface area contributed by atoms with E-state index in [0.717, 1.165) is 49.8 Å². The monoisotopic (exact) mass is 537 g/mol. The third kappa shape index (κ3) is 5.72. The predicted octanol–water partition coefficient (Wildman–Crippen LogP) is 4.92. The van der Waals surface area contributed by atoms with Gasteiger partial charge in [0, 0.05) is 48.1 Å². The molecule has 0 radical (unpaired) electrons. The highest BCUT2D eigenvalue weighted by Gasteiger charge is 2.37. The van der Waals surface area contributed by atoms with Crippen molar-refractivity contribution >= 4 is 40.5 Å². The molecule has 9 nitrogen and oxygen atoms in total. The molecule has 3 aromatic rings. The zero-order valence-electron chi connectivity index (χ0n) is 20.6. The molecule has 2 aliphatic heterocycles. The van der Waals surface area contributed by atoms with Gasteiger partial charge in [-0.05, 0) is 55.8 Å². The van der Waals surface area contributed by atoms with Crippen LogP contribution >= 0.6 is 23.2 Å². The topological polar surface area (TPSA) is 121 Å². The minimum absolute atomic E-state index is 0.224. The summed E-state index contributed by atoms with van der Waals surface area (Å²) in [5.74, 6) is 2.39. The molecule has 0 aliphatic carbocycles. The third-order valence-corrected chi connectivity index (χ3v) is 7.84. The summed E-state index contributed by atoms with van der Waals surface area (Å²) in [4.78, 5) is 21.3. The van der Waals surface area contributed by atoms with E-state index in [1.807, 2.05) is 25.3 Å². The van der Waals surface area contributed by atoms with Crippen molar-refractivity contribution in [3.05, 3.63) is 63.9 Å². The van der Waals surface area contributed by atoms with Crippen molar-refractivity contribution in [1.82, 2.24) is 24.8 Å². The van der Waals surface area contributed by atoms with Crippen LogP contribution in [0.2, 0.25) is 10.0 Å². The number of imidazole rings is 1. The van der Waals surface area contributed by atoms with Crippen LogP contribution < -0.4 is 10.2 Å². The van der Waals surface area contributed by atoms with Gasteiger partial charge in [0.05, 0.1) is 18.6 Å². The zero-order valence-corrected chi connectivity index (χ0v) is 22.1. The summed E-state index contributed by atoms with van der Waals surface area (Å²) >= 11 is 12.5. The number of rotatable bonds is 8. The Balaban J connectivity index is 1.26. The Morgan fingerprint density at radius 1 is 1.27 bits per heavy atom. The van der Waals surface area contributed by atoms with E-state index in [9.17, 15) is 5.26 Å². The van der Waals surface area contributed by atoms with Gasteiger partial charge in [-0.3, -0.25) is 10.3 Å². The van der Waals surface area contributed by atoms with Gasteiger partial charge in [0.2, 0.25) is 0 Å². The van der Waals surface area contributed by atoms with Gasteiger partial charge in [0.25, 0.3) is 0 Å². The summed E-state index contributed by atoms with van der Waals surface area (Å²) in [6.45, 7) is 6.91. The number of hydrogen-bond acceptors (Lipinski definition) is 8. The van der Waals surface area contributed by atoms with Crippen LogP contribution in [0.25, 0.3) is 0 Å². The Morgan fingerprint density at radius 3 is 2.84 bits per heavy atom. The van der Waals surface area contributed by atoms with Crippen LogP contribution in [0.15, 0.2) is 36.9 Å². The summed E-state index contributed by atoms with van der Waals surface area (Å²) in [5.41, 5.74) is 1.98. The molecule has 37 heavy (non-hydrogen) atoms. The van der Waals surface area contributed by atoms with Gasteiger partial charge in [0.15, 0.2) is 11.5 Å². The second kappa shape index (κ2) is 11.1. The molecule has 2 saturated heterocycles. The average molecular weight is 538 g/mol. The maximum atomic E-state index is 9.33. The third-order valence-electron chi connectivity index (χ3n) is 7.28. The maximum absolute atomic E-state index is 9.33. The zero-order chi connectivity index (χ0) is 25.9. The van der Waals surface area contributed by atoms with E-state index in [-0.39, 0.29) is 17.4 Å². The van der Waals surface area contributed by atoms with Crippen molar-refractivity contribution in [2.75, 3.05) is 36.4 Å². The van der Waals surface area contributed by atoms with Crippen molar-refractivity contribution < 1.29 is 0 Å². The molecular formula is C26H29Cl2N9. The van der Waals surface area contributed by atoms with Gasteiger partial charge >= 0.3 is 0 Å². The molecule has 11 heteroatoms. The number of benzene rings is 1. The van der Waals surface area contributed by atoms with Gasteiger partial charge in [0.1, 0.15) is 17.6 Å². The van der Waals surface area contributed by atoms with Crippen molar-refractivity contribution in [1.29, 1.82) is 10.7 Å². The van der Waals surface area contributed by atoms with E-state index < -0.39 is 0 Å². The highest BCUT2D eigenvalue weighted by Crippen LogP contribution is 2.35. The molecule has 4 heterocycles. The molecule has 5 rings (SSSR count). The van der Waals surface area contributed by atoms with E-state index in [1.54, 1.807) is 24.7 Å². The molecule has 192 valence electrons. The van der Waals surface area contributed by atoms with Crippen LogP contribution in [0.4, 0.5) is 11.6 Å². The van der Waals surface area contributed by atoms with Crippen LogP contribution in [-0.2, 0) is 6.54 Å². The average Bonchev–Trinajstić information content (AvgIpc) is 3.36. The second-order valence-electron chi connectivity index (χ2n) is 9.82. The van der Waals surface area contributed by atoms with Crippen LogP contribution in [0.5, 0.6) is 0 Å². The Labute approximate surface area is 226 Å². The van der Waals surface area contributed by atoms with E-state index in [4.69, 9.17) is 33.6 Å². The smallest absolute Gasteiger partial charge is 0.161 e. The number of anilines is 2. The summed E-state index contributed by atoms with van der Waals surface area (Å²) in [7, 11) is 0. The van der Waals surface area contributed by atoms with Gasteiger partial charge in [-0.2, -0.15) is 5.26 Å². The molecule has 0 saturated carbocycles. The number of aromatic nitrogens is 4. The van der Waals surface area contributed by atoms with Crippen LogP contribution in [0.1, 0.15) is 42.8 Å². The minimum atomic E-state index is -0.239. The highest BCUT2D eigenvalue weighted by atomic mass is 35.5. The first-order chi connectivity index (χ1) is 17.9. The first-order valence-electron chi connectivity index (χ1n) is 12.4. The van der Waals surface area contributed by atoms with Gasteiger partial charge in [-0.25, -0.2) is 15.0 Å². The van der Waals surface area contributed by atoms with Crippen molar-refractivity contribution in [2.24, 2.45) is 11.8 Å². The van der Waals surface area contributed by atoms with Gasteiger partial charge in [-0.15, -0.1) is 0 Å². The van der Waals surface area contributed by atoms with Crippen LogP contribution in [-0.4, -0.2) is 56.7 Å². The number of hydrogen-bond donors (Lipinski definition) is 3. The quantitative estimate of drug-likeness (QED) is 0.348. The largest absolute Gasteiger partial charge is 0.362 e. The molecule has 2 aromatic heterocycles. The molecule has 1 aromatic carbocycles. The van der Waals surface area contributed by atoms with Crippen molar-refractivity contribution in [3.8, 4) is 6.07 Å². The van der Waals surface area contributed by atoms with Gasteiger partial charge < -0.3 is 15.2 Å². The minimum Gasteiger partial charge on any atom is -0.362 e. The molecule has 2 fully saturated rings. The van der Waals surface area contributed by atoms with Crippen molar-refractivity contribution in [3.63, 3.8) is 0 Å². The predicted molar refractivity (Wildman–Crippen MR) is 145 cm³/mol. The Morgan fingerprint density at radius 2 is 2.11 bits per heavy atom. The first kappa shape index (κ1) is 25.5. The van der Waals surface area contributed by atoms with Crippen molar-refractivity contribution in [2.45, 2.75) is 32.4 Å². The van der Waals surface area contributed by atoms with E-state index in [1.165, 1.54) is 12.8 Å². The lowest BCUT2D eigenvalue weighted by Gasteiger charge is -2.47. The fourth-order valence-electron chi connectivity index (χ4n) is 5.23. The fraction of sp³-hybridized carbons (Fsp3) is 0.423. The number of H-pyrrole nitrogens is 1. The lowest BCUT2D eigenvalue weighted by Crippen LogP contribution is -2.53. The van der Waals surface area contributed by atoms with E-state index in [2.05, 4.69) is 30.1 Å². The number of halogens is 2. The number of aromatic amines is 1. The fourth-order valence-corrected chi connectivity index (χ4v) is 5.81. The van der Waals surface area contributed by atoms with Gasteiger partial charge in [-0.1, -0.05) is 29.3 Å². The molecule has 0 unspecified atom stereocenters. The molecule has 0 bridgehead atoms. The SMILES string of the molecule is C[C@@H](Nc1nc(N2CC([C@@H]3CCCN(Cc4cnc[nH]4)C3)C2)cnc1C(=N)C#N)c1ccc(Cl)cc1Cl. The van der Waals surface area contributed by atoms with Crippen LogP contribution in [0.3, 0.4) is 0 Å².